The molecule has 1 amide bonds. The van der Waals surface area contributed by atoms with E-state index in [9.17, 15) is 4.79 Å². The Kier molecular flexibility index (Phi) is 4.13. The zero-order valence-electron chi connectivity index (χ0n) is 13.0. The summed E-state index contributed by atoms with van der Waals surface area (Å²) in [5.74, 6) is 0.930. The van der Waals surface area contributed by atoms with Gasteiger partial charge in [-0.2, -0.15) is 5.10 Å². The number of likely N-dealkylation sites (tertiary alicyclic amines) is 1. The van der Waals surface area contributed by atoms with E-state index in [-0.39, 0.29) is 11.9 Å². The second-order valence-corrected chi connectivity index (χ2v) is 5.56. The zero-order valence-corrected chi connectivity index (χ0v) is 13.0. The number of hydrogen-bond acceptors (Lipinski definition) is 3. The first-order valence-corrected chi connectivity index (χ1v) is 7.71. The summed E-state index contributed by atoms with van der Waals surface area (Å²) in [6, 6.07) is 8.21. The van der Waals surface area contributed by atoms with Gasteiger partial charge in [-0.3, -0.25) is 9.48 Å². The highest BCUT2D eigenvalue weighted by atomic mass is 16.5. The van der Waals surface area contributed by atoms with E-state index < -0.39 is 0 Å². The lowest BCUT2D eigenvalue weighted by atomic mass is 10.0. The zero-order chi connectivity index (χ0) is 15.5. The van der Waals surface area contributed by atoms with Gasteiger partial charge in [-0.15, -0.1) is 0 Å². The van der Waals surface area contributed by atoms with Gasteiger partial charge in [0.1, 0.15) is 5.75 Å². The third-order valence-electron chi connectivity index (χ3n) is 4.04. The molecule has 5 nitrogen and oxygen atoms in total. The van der Waals surface area contributed by atoms with E-state index in [2.05, 4.69) is 17.2 Å². The lowest BCUT2D eigenvalue weighted by Gasteiger charge is -2.24. The van der Waals surface area contributed by atoms with Crippen molar-refractivity contribution in [3.63, 3.8) is 0 Å². The van der Waals surface area contributed by atoms with E-state index >= 15 is 0 Å². The average molecular weight is 299 g/mol. The second-order valence-electron chi connectivity index (χ2n) is 5.56. The summed E-state index contributed by atoms with van der Waals surface area (Å²) in [4.78, 5) is 14.6. The van der Waals surface area contributed by atoms with E-state index in [1.807, 2.05) is 31.0 Å². The van der Waals surface area contributed by atoms with Gasteiger partial charge in [0.25, 0.3) is 5.91 Å². The van der Waals surface area contributed by atoms with Gasteiger partial charge in [0.15, 0.2) is 0 Å². The Morgan fingerprint density at radius 1 is 1.36 bits per heavy atom. The number of rotatable bonds is 4. The molecule has 0 bridgehead atoms. The van der Waals surface area contributed by atoms with Crippen LogP contribution in [0.25, 0.3) is 0 Å². The summed E-state index contributed by atoms with van der Waals surface area (Å²) in [5.41, 5.74) is 1.82. The van der Waals surface area contributed by atoms with Crippen LogP contribution in [0.3, 0.4) is 0 Å². The average Bonchev–Trinajstić information content (AvgIpc) is 3.16. The van der Waals surface area contributed by atoms with Crippen molar-refractivity contribution in [2.24, 2.45) is 7.05 Å². The molecule has 3 rings (SSSR count). The van der Waals surface area contributed by atoms with Gasteiger partial charge in [0.05, 0.1) is 24.4 Å². The highest BCUT2D eigenvalue weighted by Crippen LogP contribution is 2.33. The van der Waals surface area contributed by atoms with Crippen molar-refractivity contribution in [3.05, 3.63) is 47.8 Å². The van der Waals surface area contributed by atoms with Crippen LogP contribution in [-0.4, -0.2) is 33.7 Å². The van der Waals surface area contributed by atoms with Crippen molar-refractivity contribution in [3.8, 4) is 5.75 Å². The minimum absolute atomic E-state index is 0.0597. The summed E-state index contributed by atoms with van der Waals surface area (Å²) in [6.45, 7) is 3.43. The van der Waals surface area contributed by atoms with Crippen molar-refractivity contribution >= 4 is 5.91 Å². The summed E-state index contributed by atoms with van der Waals surface area (Å²) in [5, 5.41) is 4.09. The molecular formula is C17H21N3O2. The molecule has 1 aliphatic heterocycles. The maximum atomic E-state index is 12.7. The fourth-order valence-corrected chi connectivity index (χ4v) is 3.01. The molecule has 116 valence electrons. The quantitative estimate of drug-likeness (QED) is 0.872. The number of hydrogen-bond donors (Lipinski definition) is 0. The number of carbonyl (C=O) groups is 1. The molecule has 0 saturated carbocycles. The predicted octanol–water partition coefficient (Wildman–Crippen LogP) is 2.80. The Morgan fingerprint density at radius 3 is 2.77 bits per heavy atom. The molecule has 1 aromatic carbocycles. The Labute approximate surface area is 130 Å². The molecule has 1 atom stereocenters. The van der Waals surface area contributed by atoms with Gasteiger partial charge in [-0.25, -0.2) is 0 Å². The lowest BCUT2D eigenvalue weighted by Crippen LogP contribution is -2.30. The van der Waals surface area contributed by atoms with E-state index in [4.69, 9.17) is 4.74 Å². The van der Waals surface area contributed by atoms with Crippen molar-refractivity contribution in [2.45, 2.75) is 25.8 Å². The van der Waals surface area contributed by atoms with Crippen LogP contribution in [0.4, 0.5) is 0 Å². The molecule has 0 spiro atoms. The normalized spacial score (nSPS) is 17.7. The van der Waals surface area contributed by atoms with E-state index in [0.29, 0.717) is 12.2 Å². The first-order valence-electron chi connectivity index (χ1n) is 7.71. The minimum atomic E-state index is 0.0597. The van der Waals surface area contributed by atoms with Crippen LogP contribution in [0.2, 0.25) is 0 Å². The third kappa shape index (κ3) is 2.84. The third-order valence-corrected chi connectivity index (χ3v) is 4.04. The molecule has 0 unspecified atom stereocenters. The molecule has 0 radical (unpaired) electrons. The number of ether oxygens (including phenoxy) is 1. The predicted molar refractivity (Wildman–Crippen MR) is 83.8 cm³/mol. The molecule has 22 heavy (non-hydrogen) atoms. The van der Waals surface area contributed by atoms with Crippen molar-refractivity contribution in [1.82, 2.24) is 14.7 Å². The Bertz CT molecular complexity index is 648. The Hall–Kier alpha value is -2.30. The molecular weight excluding hydrogens is 278 g/mol. The van der Waals surface area contributed by atoms with E-state index in [1.54, 1.807) is 17.1 Å². The summed E-state index contributed by atoms with van der Waals surface area (Å²) >= 11 is 0. The Balaban J connectivity index is 1.79. The smallest absolute Gasteiger partial charge is 0.257 e. The van der Waals surface area contributed by atoms with Crippen LogP contribution in [-0.2, 0) is 7.05 Å². The first-order chi connectivity index (χ1) is 10.7. The standard InChI is InChI=1S/C17H21N3O2/c1-3-22-15-8-6-13(7-9-15)16-5-4-10-20(16)17(21)14-11-18-19(2)12-14/h6-9,11-12,16H,3-5,10H2,1-2H3/t16-/m0/s1. The van der Waals surface area contributed by atoms with Crippen LogP contribution in [0.5, 0.6) is 5.75 Å². The molecule has 0 N–H and O–H groups in total. The van der Waals surface area contributed by atoms with Crippen LogP contribution < -0.4 is 4.74 Å². The van der Waals surface area contributed by atoms with Gasteiger partial charge in [0.2, 0.25) is 0 Å². The van der Waals surface area contributed by atoms with Gasteiger partial charge in [-0.1, -0.05) is 12.1 Å². The molecule has 1 aliphatic rings. The van der Waals surface area contributed by atoms with Crippen LogP contribution in [0.15, 0.2) is 36.7 Å². The van der Waals surface area contributed by atoms with Crippen molar-refractivity contribution in [2.75, 3.05) is 13.2 Å². The number of aryl methyl sites for hydroxylation is 1. The highest BCUT2D eigenvalue weighted by molar-refractivity contribution is 5.94. The molecule has 1 aromatic heterocycles. The highest BCUT2D eigenvalue weighted by Gasteiger charge is 2.31. The van der Waals surface area contributed by atoms with Crippen LogP contribution >= 0.6 is 0 Å². The van der Waals surface area contributed by atoms with Gasteiger partial charge >= 0.3 is 0 Å². The largest absolute Gasteiger partial charge is 0.494 e. The summed E-state index contributed by atoms with van der Waals surface area (Å²) < 4.78 is 7.14. The summed E-state index contributed by atoms with van der Waals surface area (Å²) in [6.07, 6.45) is 5.44. The molecule has 1 fully saturated rings. The monoisotopic (exact) mass is 299 g/mol. The summed E-state index contributed by atoms with van der Waals surface area (Å²) in [7, 11) is 1.82. The number of benzene rings is 1. The van der Waals surface area contributed by atoms with Crippen LogP contribution in [0.1, 0.15) is 41.7 Å². The lowest BCUT2D eigenvalue weighted by molar-refractivity contribution is 0.0735. The van der Waals surface area contributed by atoms with Gasteiger partial charge in [-0.05, 0) is 37.5 Å². The SMILES string of the molecule is CCOc1ccc([C@@H]2CCCN2C(=O)c2cnn(C)c2)cc1. The fraction of sp³-hybridized carbons (Fsp3) is 0.412. The maximum absolute atomic E-state index is 12.7. The number of aromatic nitrogens is 2. The molecule has 0 aliphatic carbocycles. The fourth-order valence-electron chi connectivity index (χ4n) is 3.01. The molecule has 1 saturated heterocycles. The maximum Gasteiger partial charge on any atom is 0.257 e. The topological polar surface area (TPSA) is 47.4 Å². The van der Waals surface area contributed by atoms with Crippen molar-refractivity contribution in [1.29, 1.82) is 0 Å². The van der Waals surface area contributed by atoms with Gasteiger partial charge in [0, 0.05) is 19.8 Å². The van der Waals surface area contributed by atoms with Gasteiger partial charge < -0.3 is 9.64 Å². The Morgan fingerprint density at radius 2 is 2.14 bits per heavy atom. The second kappa shape index (κ2) is 6.22. The molecule has 2 heterocycles. The van der Waals surface area contributed by atoms with Crippen LogP contribution in [0, 0.1) is 0 Å². The minimum Gasteiger partial charge on any atom is -0.494 e. The number of amides is 1. The molecule has 5 heteroatoms. The molecule has 2 aromatic rings. The van der Waals surface area contributed by atoms with E-state index in [0.717, 1.165) is 30.7 Å². The number of nitrogens with zero attached hydrogens (tertiary/aromatic N) is 3. The first kappa shape index (κ1) is 14.6. The van der Waals surface area contributed by atoms with Crippen molar-refractivity contribution < 1.29 is 9.53 Å². The number of carbonyl (C=O) groups excluding carboxylic acids is 1. The van der Waals surface area contributed by atoms with E-state index in [1.165, 1.54) is 0 Å².